The van der Waals surface area contributed by atoms with Crippen LogP contribution >= 0.6 is 27.3 Å². The number of benzene rings is 1. The smallest absolute Gasteiger partial charge is 0.280 e. The van der Waals surface area contributed by atoms with Crippen molar-refractivity contribution in [2.75, 3.05) is 5.32 Å². The minimum atomic E-state index is -2.80. The highest BCUT2D eigenvalue weighted by atomic mass is 79.9. The molecule has 4 aromatic rings. The van der Waals surface area contributed by atoms with Gasteiger partial charge in [0, 0.05) is 11.6 Å². The van der Waals surface area contributed by atoms with E-state index in [1.54, 1.807) is 36.5 Å². The fourth-order valence-electron chi connectivity index (χ4n) is 3.12. The van der Waals surface area contributed by atoms with Crippen LogP contribution in [0.15, 0.2) is 53.3 Å². The Labute approximate surface area is 187 Å². The van der Waals surface area contributed by atoms with E-state index in [2.05, 4.69) is 31.3 Å². The highest BCUT2D eigenvalue weighted by Crippen LogP contribution is 2.42. The average molecular weight is 506 g/mol. The molecule has 11 heteroatoms. The maximum Gasteiger partial charge on any atom is 0.280 e. The highest BCUT2D eigenvalue weighted by molar-refractivity contribution is 9.10. The summed E-state index contributed by atoms with van der Waals surface area (Å²) in [6.45, 7) is -0.121. The first-order valence-corrected chi connectivity index (χ1v) is 10.5. The van der Waals surface area contributed by atoms with E-state index >= 15 is 0 Å². The fraction of sp³-hybridized carbons (Fsp3) is 0.100. The number of carbonyl (C=O) groups is 2. The van der Waals surface area contributed by atoms with Crippen molar-refractivity contribution >= 4 is 55.0 Å². The Hall–Kier alpha value is -3.18. The van der Waals surface area contributed by atoms with Gasteiger partial charge in [-0.1, -0.05) is 30.3 Å². The van der Waals surface area contributed by atoms with Gasteiger partial charge in [0.15, 0.2) is 0 Å². The molecular weight excluding hydrogens is 492 g/mol. The van der Waals surface area contributed by atoms with E-state index in [0.29, 0.717) is 21.0 Å². The van der Waals surface area contributed by atoms with Crippen molar-refractivity contribution < 1.29 is 18.4 Å². The lowest BCUT2D eigenvalue weighted by molar-refractivity contribution is -0.116. The van der Waals surface area contributed by atoms with Gasteiger partial charge in [0.05, 0.1) is 16.4 Å². The molecule has 0 aliphatic carbocycles. The molecule has 3 aromatic heterocycles. The summed E-state index contributed by atoms with van der Waals surface area (Å²) in [6.07, 6.45) is 0.347. The number of fused-ring (bicyclic) bond motifs is 1. The van der Waals surface area contributed by atoms with Crippen molar-refractivity contribution in [1.82, 2.24) is 14.8 Å². The number of primary amides is 1. The zero-order valence-electron chi connectivity index (χ0n) is 15.7. The van der Waals surface area contributed by atoms with E-state index in [1.165, 1.54) is 16.9 Å². The van der Waals surface area contributed by atoms with Gasteiger partial charge in [-0.3, -0.25) is 14.3 Å². The first-order chi connectivity index (χ1) is 14.8. The summed E-state index contributed by atoms with van der Waals surface area (Å²) >= 11 is 4.12. The molecule has 0 unspecified atom stereocenters. The molecule has 0 radical (unpaired) electrons. The van der Waals surface area contributed by atoms with Crippen molar-refractivity contribution in [2.24, 2.45) is 5.73 Å². The summed E-state index contributed by atoms with van der Waals surface area (Å²) in [5, 5.41) is 7.10. The van der Waals surface area contributed by atoms with Gasteiger partial charge < -0.3 is 11.1 Å². The van der Waals surface area contributed by atoms with E-state index < -0.39 is 23.9 Å². The Morgan fingerprint density at radius 3 is 2.61 bits per heavy atom. The second-order valence-corrected chi connectivity index (χ2v) is 8.43. The predicted molar refractivity (Wildman–Crippen MR) is 117 cm³/mol. The van der Waals surface area contributed by atoms with Crippen LogP contribution in [-0.2, 0) is 11.3 Å². The molecule has 0 fully saturated rings. The Bertz CT molecular complexity index is 1290. The van der Waals surface area contributed by atoms with Gasteiger partial charge in [0.1, 0.15) is 21.9 Å². The van der Waals surface area contributed by atoms with Crippen molar-refractivity contribution in [3.63, 3.8) is 0 Å². The largest absolute Gasteiger partial charge is 0.365 e. The summed E-state index contributed by atoms with van der Waals surface area (Å²) in [7, 11) is 0. The molecule has 0 spiro atoms. The lowest BCUT2D eigenvalue weighted by Gasteiger charge is -2.11. The van der Waals surface area contributed by atoms with Crippen LogP contribution in [-0.4, -0.2) is 26.6 Å². The molecule has 2 amide bonds. The molecule has 0 bridgehead atoms. The maximum absolute atomic E-state index is 13.5. The van der Waals surface area contributed by atoms with E-state index in [9.17, 15) is 18.4 Å². The normalized spacial score (nSPS) is 11.2. The first-order valence-electron chi connectivity index (χ1n) is 8.92. The topological polar surface area (TPSA) is 103 Å². The number of halogens is 3. The SMILES string of the molecule is NC(=O)c1sc2nc(C(F)F)cc(-c3ccccc3)c2c1NC(=O)Cn1cc(Br)cn1. The van der Waals surface area contributed by atoms with Crippen molar-refractivity contribution in [3.8, 4) is 11.1 Å². The van der Waals surface area contributed by atoms with Crippen LogP contribution in [0.2, 0.25) is 0 Å². The molecule has 0 saturated heterocycles. The fourth-order valence-corrected chi connectivity index (χ4v) is 4.46. The summed E-state index contributed by atoms with van der Waals surface area (Å²) < 4.78 is 29.1. The third kappa shape index (κ3) is 4.32. The first kappa shape index (κ1) is 21.1. The molecular formula is C20H14BrF2N5O2S. The average Bonchev–Trinajstić information content (AvgIpc) is 3.31. The molecule has 4 rings (SSSR count). The van der Waals surface area contributed by atoms with Crippen LogP contribution in [0.1, 0.15) is 21.8 Å². The molecule has 7 nitrogen and oxygen atoms in total. The van der Waals surface area contributed by atoms with Gasteiger partial charge in [-0.05, 0) is 33.1 Å². The summed E-state index contributed by atoms with van der Waals surface area (Å²) in [5.74, 6) is -1.26. The van der Waals surface area contributed by atoms with Crippen LogP contribution < -0.4 is 11.1 Å². The number of hydrogen-bond acceptors (Lipinski definition) is 5. The van der Waals surface area contributed by atoms with Crippen LogP contribution in [0.25, 0.3) is 21.3 Å². The number of hydrogen-bond donors (Lipinski definition) is 2. The lowest BCUT2D eigenvalue weighted by atomic mass is 10.0. The number of aromatic nitrogens is 3. The molecule has 3 heterocycles. The van der Waals surface area contributed by atoms with E-state index in [4.69, 9.17) is 5.73 Å². The van der Waals surface area contributed by atoms with Crippen LogP contribution in [0.3, 0.4) is 0 Å². The minimum Gasteiger partial charge on any atom is -0.365 e. The molecule has 1 aromatic carbocycles. The summed E-state index contributed by atoms with van der Waals surface area (Å²) in [6, 6.07) is 10.1. The molecule has 0 aliphatic rings. The standard InChI is InChI=1S/C20H14BrF2N5O2S/c21-11-7-25-28(8-11)9-14(29)27-16-15-12(10-4-2-1-3-5-10)6-13(18(22)23)26-20(15)31-17(16)19(24)30/h1-8,18H,9H2,(H2,24,30)(H,27,29). The van der Waals surface area contributed by atoms with Gasteiger partial charge in [-0.15, -0.1) is 11.3 Å². The Morgan fingerprint density at radius 2 is 2.00 bits per heavy atom. The van der Waals surface area contributed by atoms with E-state index in [1.807, 2.05) is 0 Å². The molecule has 158 valence electrons. The second kappa shape index (κ2) is 8.52. The number of thiophene rings is 1. The number of rotatable bonds is 6. The number of anilines is 1. The van der Waals surface area contributed by atoms with Crippen LogP contribution in [0.5, 0.6) is 0 Å². The van der Waals surface area contributed by atoms with Crippen molar-refractivity contribution in [3.05, 3.63) is 63.8 Å². The lowest BCUT2D eigenvalue weighted by Crippen LogP contribution is -2.21. The number of pyridine rings is 1. The number of nitrogens with one attached hydrogen (secondary N) is 1. The number of amides is 2. The quantitative estimate of drug-likeness (QED) is 0.399. The summed E-state index contributed by atoms with van der Waals surface area (Å²) in [5.41, 5.74) is 6.29. The maximum atomic E-state index is 13.5. The van der Waals surface area contributed by atoms with Gasteiger partial charge in [0.25, 0.3) is 12.3 Å². The number of carbonyl (C=O) groups excluding carboxylic acids is 2. The predicted octanol–water partition coefficient (Wildman–Crippen LogP) is 4.60. The van der Waals surface area contributed by atoms with Crippen molar-refractivity contribution in [2.45, 2.75) is 13.0 Å². The monoisotopic (exact) mass is 505 g/mol. The van der Waals surface area contributed by atoms with Gasteiger partial charge in [0.2, 0.25) is 5.91 Å². The van der Waals surface area contributed by atoms with Gasteiger partial charge in [-0.2, -0.15) is 5.10 Å². The number of alkyl halides is 2. The van der Waals surface area contributed by atoms with Crippen molar-refractivity contribution in [1.29, 1.82) is 0 Å². The molecule has 3 N–H and O–H groups in total. The minimum absolute atomic E-state index is 0.0288. The third-order valence-corrected chi connectivity index (χ3v) is 5.89. The Kier molecular flexibility index (Phi) is 5.79. The highest BCUT2D eigenvalue weighted by Gasteiger charge is 2.25. The number of nitrogens with two attached hydrogens (primary N) is 1. The second-order valence-electron chi connectivity index (χ2n) is 6.52. The van der Waals surface area contributed by atoms with Crippen LogP contribution in [0, 0.1) is 0 Å². The van der Waals surface area contributed by atoms with E-state index in [0.717, 1.165) is 11.3 Å². The van der Waals surface area contributed by atoms with Crippen LogP contribution in [0.4, 0.5) is 14.5 Å². The van der Waals surface area contributed by atoms with E-state index in [-0.39, 0.29) is 21.9 Å². The zero-order valence-corrected chi connectivity index (χ0v) is 18.1. The molecule has 0 atom stereocenters. The molecule has 0 aliphatic heterocycles. The van der Waals surface area contributed by atoms with Gasteiger partial charge >= 0.3 is 0 Å². The summed E-state index contributed by atoms with van der Waals surface area (Å²) in [4.78, 5) is 29.0. The molecule has 0 saturated carbocycles. The zero-order chi connectivity index (χ0) is 22.1. The van der Waals surface area contributed by atoms with Gasteiger partial charge in [-0.25, -0.2) is 13.8 Å². The Morgan fingerprint density at radius 1 is 1.26 bits per heavy atom. The number of nitrogens with zero attached hydrogens (tertiary/aromatic N) is 3. The molecule has 31 heavy (non-hydrogen) atoms. The third-order valence-electron chi connectivity index (χ3n) is 4.39. The Balaban J connectivity index is 1.87.